The van der Waals surface area contributed by atoms with Crippen LogP contribution >= 0.6 is 0 Å². The lowest BCUT2D eigenvalue weighted by Crippen LogP contribution is -2.37. The van der Waals surface area contributed by atoms with Crippen LogP contribution in [-0.2, 0) is 10.2 Å². The van der Waals surface area contributed by atoms with Crippen LogP contribution in [0.1, 0.15) is 16.7 Å². The van der Waals surface area contributed by atoms with Crippen molar-refractivity contribution in [2.24, 2.45) is 0 Å². The largest absolute Gasteiger partial charge is 0.378 e. The summed E-state index contributed by atoms with van der Waals surface area (Å²) in [5.74, 6) is -0.0148. The third-order valence-corrected chi connectivity index (χ3v) is 6.55. The Balaban J connectivity index is 1.80. The van der Waals surface area contributed by atoms with Gasteiger partial charge in [0.15, 0.2) is 0 Å². The summed E-state index contributed by atoms with van der Waals surface area (Å²) < 4.78 is 0. The minimum Gasteiger partial charge on any atom is -0.378 e. The Labute approximate surface area is 189 Å². The molecule has 0 spiro atoms. The van der Waals surface area contributed by atoms with Gasteiger partial charge in [-0.05, 0) is 40.8 Å². The molecule has 0 saturated heterocycles. The van der Waals surface area contributed by atoms with E-state index in [0.29, 0.717) is 0 Å². The van der Waals surface area contributed by atoms with Gasteiger partial charge in [-0.2, -0.15) is 0 Å². The van der Waals surface area contributed by atoms with Crippen LogP contribution in [0, 0.1) is 0 Å². The molecular weight excluding hydrogens is 394 g/mol. The molecule has 1 heterocycles. The van der Waals surface area contributed by atoms with E-state index >= 15 is 0 Å². The number of hydrogen-bond acceptors (Lipinski definition) is 3. The number of nitrogens with one attached hydrogen (secondary N) is 1. The van der Waals surface area contributed by atoms with Crippen LogP contribution < -0.4 is 15.1 Å². The predicted molar refractivity (Wildman–Crippen MR) is 134 cm³/mol. The molecule has 32 heavy (non-hydrogen) atoms. The molecule has 0 saturated carbocycles. The molecule has 1 N–H and O–H groups in total. The summed E-state index contributed by atoms with van der Waals surface area (Å²) in [4.78, 5) is 18.0. The van der Waals surface area contributed by atoms with Crippen LogP contribution in [0.5, 0.6) is 0 Å². The second-order valence-electron chi connectivity index (χ2n) is 8.80. The van der Waals surface area contributed by atoms with E-state index in [1.807, 2.05) is 40.3 Å². The highest BCUT2D eigenvalue weighted by Crippen LogP contribution is 2.50. The van der Waals surface area contributed by atoms with Crippen molar-refractivity contribution in [2.45, 2.75) is 5.41 Å². The van der Waals surface area contributed by atoms with Crippen LogP contribution in [0.3, 0.4) is 0 Å². The number of anilines is 3. The van der Waals surface area contributed by atoms with Crippen molar-refractivity contribution in [3.63, 3.8) is 0 Å². The second kappa shape index (κ2) is 7.41. The van der Waals surface area contributed by atoms with Crippen molar-refractivity contribution in [2.75, 3.05) is 43.3 Å². The van der Waals surface area contributed by atoms with Gasteiger partial charge in [-0.15, -0.1) is 0 Å². The van der Waals surface area contributed by atoms with Crippen molar-refractivity contribution in [1.29, 1.82) is 0 Å². The Kier molecular flexibility index (Phi) is 4.66. The van der Waals surface area contributed by atoms with E-state index < -0.39 is 5.41 Å². The molecular formula is C28H27N3O. The van der Waals surface area contributed by atoms with Gasteiger partial charge in [-0.25, -0.2) is 0 Å². The van der Waals surface area contributed by atoms with E-state index in [0.717, 1.165) is 44.5 Å². The van der Waals surface area contributed by atoms with E-state index in [2.05, 4.69) is 87.9 Å². The number of carbonyl (C=O) groups excluding carboxylic acids is 1. The zero-order valence-corrected chi connectivity index (χ0v) is 18.9. The van der Waals surface area contributed by atoms with Gasteiger partial charge in [0.1, 0.15) is 5.41 Å². The van der Waals surface area contributed by atoms with E-state index in [1.165, 1.54) is 0 Å². The highest BCUT2D eigenvalue weighted by atomic mass is 16.2. The van der Waals surface area contributed by atoms with Crippen molar-refractivity contribution in [3.05, 3.63) is 102 Å². The maximum atomic E-state index is 13.9. The summed E-state index contributed by atoms with van der Waals surface area (Å²) in [5, 5.41) is 5.43. The minimum atomic E-state index is -0.908. The van der Waals surface area contributed by atoms with Gasteiger partial charge in [0, 0.05) is 50.5 Å². The molecule has 1 aliphatic heterocycles. The SMILES string of the molecule is CN(C)c1ccc(C2(c3ccc(N(C)C)cc3)C(=O)Nc3c2ccc2ccccc32)cc1. The van der Waals surface area contributed by atoms with Gasteiger partial charge in [0.2, 0.25) is 5.91 Å². The van der Waals surface area contributed by atoms with Gasteiger partial charge < -0.3 is 15.1 Å². The summed E-state index contributed by atoms with van der Waals surface area (Å²) in [6.07, 6.45) is 0. The third kappa shape index (κ3) is 2.87. The van der Waals surface area contributed by atoms with Crippen LogP contribution in [0.25, 0.3) is 10.8 Å². The fourth-order valence-corrected chi connectivity index (χ4v) is 4.81. The predicted octanol–water partition coefficient (Wildman–Crippen LogP) is 5.26. The van der Waals surface area contributed by atoms with Crippen molar-refractivity contribution >= 4 is 33.7 Å². The lowest BCUT2D eigenvalue weighted by Gasteiger charge is -2.30. The highest BCUT2D eigenvalue weighted by molar-refractivity contribution is 6.17. The molecule has 0 aromatic heterocycles. The summed E-state index contributed by atoms with van der Waals surface area (Å²) in [6.45, 7) is 0. The summed E-state index contributed by atoms with van der Waals surface area (Å²) >= 11 is 0. The van der Waals surface area contributed by atoms with Gasteiger partial charge in [-0.1, -0.05) is 60.7 Å². The zero-order chi connectivity index (χ0) is 22.5. The molecule has 4 heteroatoms. The number of hydrogen-bond donors (Lipinski definition) is 1. The molecule has 0 unspecified atom stereocenters. The lowest BCUT2D eigenvalue weighted by molar-refractivity contribution is -0.118. The standard InChI is InChI=1S/C28H27N3O/c1-30(2)22-14-10-20(11-15-22)28(21-12-16-23(17-13-21)31(3)4)25-18-9-19-7-5-6-8-24(19)26(25)29-27(28)32/h5-18H,1-4H3,(H,29,32). The number of nitrogens with zero attached hydrogens (tertiary/aromatic N) is 2. The average molecular weight is 422 g/mol. The van der Waals surface area contributed by atoms with E-state index in [4.69, 9.17) is 0 Å². The molecule has 4 aromatic carbocycles. The maximum absolute atomic E-state index is 13.9. The fraction of sp³-hybridized carbons (Fsp3) is 0.179. The number of fused-ring (bicyclic) bond motifs is 3. The normalized spacial score (nSPS) is 14.2. The quantitative estimate of drug-likeness (QED) is 0.488. The Morgan fingerprint density at radius 1 is 0.656 bits per heavy atom. The van der Waals surface area contributed by atoms with Crippen molar-refractivity contribution in [1.82, 2.24) is 0 Å². The first kappa shape index (κ1) is 20.1. The molecule has 4 aromatic rings. The number of carbonyl (C=O) groups is 1. The molecule has 1 aliphatic rings. The van der Waals surface area contributed by atoms with Crippen LogP contribution in [-0.4, -0.2) is 34.1 Å². The average Bonchev–Trinajstić information content (AvgIpc) is 3.12. The van der Waals surface area contributed by atoms with Crippen LogP contribution in [0.2, 0.25) is 0 Å². The Morgan fingerprint density at radius 3 is 1.72 bits per heavy atom. The van der Waals surface area contributed by atoms with Gasteiger partial charge >= 0.3 is 0 Å². The van der Waals surface area contributed by atoms with E-state index in [1.54, 1.807) is 0 Å². The number of benzene rings is 4. The second-order valence-corrected chi connectivity index (χ2v) is 8.80. The lowest BCUT2D eigenvalue weighted by atomic mass is 9.70. The Hall–Kier alpha value is -3.79. The minimum absolute atomic E-state index is 0.0148. The zero-order valence-electron chi connectivity index (χ0n) is 18.9. The summed E-state index contributed by atoms with van der Waals surface area (Å²) in [5.41, 5.74) is 5.13. The molecule has 0 atom stereocenters. The van der Waals surface area contributed by atoms with Crippen LogP contribution in [0.4, 0.5) is 17.1 Å². The van der Waals surface area contributed by atoms with Gasteiger partial charge in [0.25, 0.3) is 0 Å². The molecule has 4 nitrogen and oxygen atoms in total. The number of amides is 1. The maximum Gasteiger partial charge on any atom is 0.244 e. The van der Waals surface area contributed by atoms with Crippen LogP contribution in [0.15, 0.2) is 84.9 Å². The topological polar surface area (TPSA) is 35.6 Å². The summed E-state index contributed by atoms with van der Waals surface area (Å²) in [6, 6.07) is 29.1. The Morgan fingerprint density at radius 2 is 1.19 bits per heavy atom. The van der Waals surface area contributed by atoms with Crippen molar-refractivity contribution < 1.29 is 4.79 Å². The van der Waals surface area contributed by atoms with Gasteiger partial charge in [-0.3, -0.25) is 4.79 Å². The van der Waals surface area contributed by atoms with Gasteiger partial charge in [0.05, 0.1) is 5.69 Å². The first-order chi connectivity index (χ1) is 15.4. The first-order valence-electron chi connectivity index (χ1n) is 10.8. The summed E-state index contributed by atoms with van der Waals surface area (Å²) in [7, 11) is 8.09. The van der Waals surface area contributed by atoms with E-state index in [9.17, 15) is 4.79 Å². The van der Waals surface area contributed by atoms with E-state index in [-0.39, 0.29) is 5.91 Å². The molecule has 0 radical (unpaired) electrons. The molecule has 0 fully saturated rings. The third-order valence-electron chi connectivity index (χ3n) is 6.55. The monoisotopic (exact) mass is 421 g/mol. The molecule has 0 bridgehead atoms. The molecule has 0 aliphatic carbocycles. The fourth-order valence-electron chi connectivity index (χ4n) is 4.81. The van der Waals surface area contributed by atoms with Crippen molar-refractivity contribution in [3.8, 4) is 0 Å². The molecule has 160 valence electrons. The smallest absolute Gasteiger partial charge is 0.244 e. The highest BCUT2D eigenvalue weighted by Gasteiger charge is 2.50. The Bertz CT molecular complexity index is 1250. The molecule has 1 amide bonds. The molecule has 5 rings (SSSR count). The first-order valence-corrected chi connectivity index (χ1v) is 10.8. The number of rotatable bonds is 4.